The van der Waals surface area contributed by atoms with Gasteiger partial charge in [-0.25, -0.2) is 0 Å². The smallest absolute Gasteiger partial charge is 0.306 e. The minimum atomic E-state index is -0.776. The molecule has 0 rings (SSSR count). The maximum Gasteiger partial charge on any atom is 0.306 e. The van der Waals surface area contributed by atoms with Crippen LogP contribution in [0.2, 0.25) is 0 Å². The van der Waals surface area contributed by atoms with Gasteiger partial charge < -0.3 is 14.2 Å². The van der Waals surface area contributed by atoms with Crippen molar-refractivity contribution in [1.82, 2.24) is 0 Å². The highest BCUT2D eigenvalue weighted by atomic mass is 16.6. The Balaban J connectivity index is 4.13. The van der Waals surface area contributed by atoms with Crippen LogP contribution in [0.1, 0.15) is 380 Å². The van der Waals surface area contributed by atoms with Crippen LogP contribution in [0.15, 0.2) is 36.5 Å². The van der Waals surface area contributed by atoms with Crippen molar-refractivity contribution >= 4 is 17.9 Å². The van der Waals surface area contributed by atoms with E-state index in [0.29, 0.717) is 19.3 Å². The first-order valence-corrected chi connectivity index (χ1v) is 34.5. The highest BCUT2D eigenvalue weighted by Crippen LogP contribution is 2.18. The fraction of sp³-hybridized carbons (Fsp3) is 0.873. The predicted octanol–water partition coefficient (Wildman–Crippen LogP) is 23.6. The monoisotopic (exact) mass is 1080 g/mol. The largest absolute Gasteiger partial charge is 0.462 e. The van der Waals surface area contributed by atoms with Crippen LogP contribution in [0.5, 0.6) is 0 Å². The summed E-state index contributed by atoms with van der Waals surface area (Å²) in [4.78, 5) is 38.3. The first-order valence-electron chi connectivity index (χ1n) is 34.5. The van der Waals surface area contributed by atoms with E-state index in [1.807, 2.05) is 0 Å². The molecule has 0 heterocycles. The van der Waals surface area contributed by atoms with E-state index in [9.17, 15) is 14.4 Å². The van der Waals surface area contributed by atoms with Crippen molar-refractivity contribution in [1.29, 1.82) is 0 Å². The number of hydrogen-bond acceptors (Lipinski definition) is 6. The molecule has 0 N–H and O–H groups in total. The van der Waals surface area contributed by atoms with E-state index < -0.39 is 6.10 Å². The standard InChI is InChI=1S/C71H132O6/c1-4-7-10-13-16-19-22-24-26-28-30-32-33-34-35-36-37-38-40-41-43-45-47-49-52-55-58-61-64-70(73)76-67-68(66-75-69(72)63-60-57-54-51-21-18-15-12-9-6-3)77-71(74)65-62-59-56-53-50-48-46-44-42-39-31-29-27-25-23-20-17-14-11-8-5-2/h12,15,23,25,29,31,68H,4-11,13-14,16-22,24,26-28,30,32-67H2,1-3H3/b15-12-,25-23-,31-29-. The van der Waals surface area contributed by atoms with Gasteiger partial charge in [-0.15, -0.1) is 0 Å². The van der Waals surface area contributed by atoms with Crippen LogP contribution >= 0.6 is 0 Å². The summed E-state index contributed by atoms with van der Waals surface area (Å²) in [5, 5.41) is 0. The summed E-state index contributed by atoms with van der Waals surface area (Å²) in [6.07, 6.45) is 81.9. The summed E-state index contributed by atoms with van der Waals surface area (Å²) >= 11 is 0. The van der Waals surface area contributed by atoms with E-state index in [2.05, 4.69) is 57.2 Å². The molecule has 0 saturated heterocycles. The second kappa shape index (κ2) is 66.1. The number of unbranched alkanes of at least 4 members (excludes halogenated alkanes) is 47. The van der Waals surface area contributed by atoms with Gasteiger partial charge in [-0.05, 0) is 70.6 Å². The minimum absolute atomic E-state index is 0.0724. The summed E-state index contributed by atoms with van der Waals surface area (Å²) in [6, 6.07) is 0. The molecule has 0 bridgehead atoms. The first-order chi connectivity index (χ1) is 38.0. The van der Waals surface area contributed by atoms with Gasteiger partial charge in [0, 0.05) is 19.3 Å². The van der Waals surface area contributed by atoms with Crippen molar-refractivity contribution in [2.45, 2.75) is 386 Å². The molecule has 0 aliphatic rings. The van der Waals surface area contributed by atoms with Gasteiger partial charge in [0.25, 0.3) is 0 Å². The minimum Gasteiger partial charge on any atom is -0.462 e. The van der Waals surface area contributed by atoms with Crippen LogP contribution < -0.4 is 0 Å². The molecule has 0 aromatic carbocycles. The van der Waals surface area contributed by atoms with Crippen molar-refractivity contribution in [2.24, 2.45) is 0 Å². The summed E-state index contributed by atoms with van der Waals surface area (Å²) in [7, 11) is 0. The van der Waals surface area contributed by atoms with Gasteiger partial charge >= 0.3 is 17.9 Å². The molecule has 6 nitrogen and oxygen atoms in total. The Hall–Kier alpha value is -2.37. The molecule has 0 fully saturated rings. The number of carbonyl (C=O) groups excluding carboxylic acids is 3. The molecule has 1 atom stereocenters. The Morgan fingerprint density at radius 2 is 0.494 bits per heavy atom. The Kier molecular flexibility index (Phi) is 64.1. The Morgan fingerprint density at radius 1 is 0.260 bits per heavy atom. The van der Waals surface area contributed by atoms with Crippen molar-refractivity contribution < 1.29 is 28.6 Å². The molecule has 0 saturated carbocycles. The molecule has 0 aliphatic heterocycles. The summed E-state index contributed by atoms with van der Waals surface area (Å²) < 4.78 is 16.9. The van der Waals surface area contributed by atoms with Crippen molar-refractivity contribution in [3.05, 3.63) is 36.5 Å². The third-order valence-corrected chi connectivity index (χ3v) is 15.6. The molecule has 0 radical (unpaired) electrons. The maximum absolute atomic E-state index is 12.9. The molecule has 0 amide bonds. The van der Waals surface area contributed by atoms with Gasteiger partial charge in [0.05, 0.1) is 0 Å². The van der Waals surface area contributed by atoms with Gasteiger partial charge in [0.15, 0.2) is 6.10 Å². The lowest BCUT2D eigenvalue weighted by atomic mass is 10.0. The van der Waals surface area contributed by atoms with E-state index in [1.54, 1.807) is 0 Å². The Morgan fingerprint density at radius 3 is 0.779 bits per heavy atom. The fourth-order valence-electron chi connectivity index (χ4n) is 10.4. The topological polar surface area (TPSA) is 78.9 Å². The molecule has 0 aliphatic carbocycles. The third kappa shape index (κ3) is 64.3. The number of ether oxygens (including phenoxy) is 3. The molecular weight excluding hydrogens is 949 g/mol. The highest BCUT2D eigenvalue weighted by Gasteiger charge is 2.19. The molecule has 452 valence electrons. The zero-order chi connectivity index (χ0) is 55.7. The molecule has 0 aromatic rings. The van der Waals surface area contributed by atoms with Crippen LogP contribution in [0.25, 0.3) is 0 Å². The van der Waals surface area contributed by atoms with Gasteiger partial charge in [-0.3, -0.25) is 14.4 Å². The quantitative estimate of drug-likeness (QED) is 0.0261. The number of rotatable bonds is 64. The van der Waals surface area contributed by atoms with Gasteiger partial charge in [0.1, 0.15) is 13.2 Å². The van der Waals surface area contributed by atoms with Crippen LogP contribution in [-0.2, 0) is 28.6 Å². The van der Waals surface area contributed by atoms with Crippen LogP contribution in [-0.4, -0.2) is 37.2 Å². The lowest BCUT2D eigenvalue weighted by Gasteiger charge is -2.18. The maximum atomic E-state index is 12.9. The van der Waals surface area contributed by atoms with Gasteiger partial charge in [-0.2, -0.15) is 0 Å². The average molecular weight is 1080 g/mol. The van der Waals surface area contributed by atoms with E-state index in [4.69, 9.17) is 14.2 Å². The lowest BCUT2D eigenvalue weighted by Crippen LogP contribution is -2.30. The SMILES string of the molecule is CCC/C=C\CCCCCCCC(=O)OCC(COC(=O)CCCCCCCCCCCCCCCCCCCCCCCCCCCCCC)OC(=O)CCCCCCCCCCC/C=C\C/C=C\CCCCCCC. The summed E-state index contributed by atoms with van der Waals surface area (Å²) in [6.45, 7) is 6.62. The second-order valence-electron chi connectivity index (χ2n) is 23.4. The number of allylic oxidation sites excluding steroid dienone is 6. The van der Waals surface area contributed by atoms with Gasteiger partial charge in [0.2, 0.25) is 0 Å². The van der Waals surface area contributed by atoms with E-state index >= 15 is 0 Å². The van der Waals surface area contributed by atoms with E-state index in [1.165, 1.54) is 263 Å². The Labute approximate surface area is 480 Å². The van der Waals surface area contributed by atoms with E-state index in [-0.39, 0.29) is 31.1 Å². The number of carbonyl (C=O) groups is 3. The number of hydrogen-bond donors (Lipinski definition) is 0. The number of esters is 3. The second-order valence-corrected chi connectivity index (χ2v) is 23.4. The molecule has 0 aromatic heterocycles. The summed E-state index contributed by atoms with van der Waals surface area (Å²) in [5.74, 6) is -0.864. The van der Waals surface area contributed by atoms with Crippen molar-refractivity contribution in [2.75, 3.05) is 13.2 Å². The molecule has 77 heavy (non-hydrogen) atoms. The highest BCUT2D eigenvalue weighted by molar-refractivity contribution is 5.71. The molecule has 6 heteroatoms. The lowest BCUT2D eigenvalue weighted by molar-refractivity contribution is -0.167. The van der Waals surface area contributed by atoms with Crippen LogP contribution in [0.3, 0.4) is 0 Å². The first kappa shape index (κ1) is 74.6. The molecular formula is C71H132O6. The van der Waals surface area contributed by atoms with Crippen LogP contribution in [0, 0.1) is 0 Å². The molecule has 0 spiro atoms. The van der Waals surface area contributed by atoms with Gasteiger partial charge in [-0.1, -0.05) is 327 Å². The van der Waals surface area contributed by atoms with E-state index in [0.717, 1.165) is 77.0 Å². The zero-order valence-corrected chi connectivity index (χ0v) is 52.0. The normalized spacial score (nSPS) is 12.2. The average Bonchev–Trinajstić information content (AvgIpc) is 3.43. The zero-order valence-electron chi connectivity index (χ0n) is 52.0. The van der Waals surface area contributed by atoms with Crippen LogP contribution in [0.4, 0.5) is 0 Å². The third-order valence-electron chi connectivity index (χ3n) is 15.6. The fourth-order valence-corrected chi connectivity index (χ4v) is 10.4. The Bertz CT molecular complexity index is 1290. The van der Waals surface area contributed by atoms with Crippen molar-refractivity contribution in [3.63, 3.8) is 0 Å². The predicted molar refractivity (Wildman–Crippen MR) is 335 cm³/mol. The summed E-state index contributed by atoms with van der Waals surface area (Å²) in [5.41, 5.74) is 0. The van der Waals surface area contributed by atoms with Crippen molar-refractivity contribution in [3.8, 4) is 0 Å². The molecule has 1 unspecified atom stereocenters.